The molecule has 0 amide bonds. The van der Waals surface area contributed by atoms with Gasteiger partial charge in [-0.3, -0.25) is 4.99 Å². The third-order valence-corrected chi connectivity index (χ3v) is 4.83. The third kappa shape index (κ3) is 5.83. The molecule has 0 spiro atoms. The molecule has 0 aliphatic heterocycles. The predicted octanol–water partition coefficient (Wildman–Crippen LogP) is 4.41. The first-order chi connectivity index (χ1) is 13.2. The summed E-state index contributed by atoms with van der Waals surface area (Å²) < 4.78 is 10.6. The Labute approximate surface area is 185 Å². The second-order valence-electron chi connectivity index (χ2n) is 5.72. The van der Waals surface area contributed by atoms with Crippen LogP contribution in [-0.2, 0) is 6.42 Å². The number of nitrogens with zero attached hydrogens (tertiary/aromatic N) is 2. The van der Waals surface area contributed by atoms with Crippen molar-refractivity contribution in [3.8, 4) is 22.1 Å². The van der Waals surface area contributed by atoms with E-state index in [0.717, 1.165) is 22.7 Å². The van der Waals surface area contributed by atoms with E-state index in [9.17, 15) is 0 Å². The van der Waals surface area contributed by atoms with Crippen LogP contribution in [-0.4, -0.2) is 31.7 Å². The van der Waals surface area contributed by atoms with E-state index in [0.29, 0.717) is 29.7 Å². The molecule has 8 heteroatoms. The van der Waals surface area contributed by atoms with Gasteiger partial charge in [0.15, 0.2) is 5.96 Å². The molecule has 3 rings (SSSR count). The molecule has 0 radical (unpaired) electrons. The van der Waals surface area contributed by atoms with Crippen molar-refractivity contribution < 1.29 is 9.47 Å². The van der Waals surface area contributed by atoms with Crippen molar-refractivity contribution in [1.82, 2.24) is 4.98 Å². The smallest absolute Gasteiger partial charge is 0.193 e. The number of rotatable bonds is 7. The maximum Gasteiger partial charge on any atom is 0.193 e. The van der Waals surface area contributed by atoms with Crippen molar-refractivity contribution in [3.05, 3.63) is 59.6 Å². The van der Waals surface area contributed by atoms with Crippen LogP contribution in [0.4, 0.5) is 5.69 Å². The zero-order chi connectivity index (χ0) is 19.1. The second-order valence-corrected chi connectivity index (χ2v) is 6.58. The molecule has 148 valence electrons. The summed E-state index contributed by atoms with van der Waals surface area (Å²) in [5, 5.41) is 6.14. The third-order valence-electron chi connectivity index (χ3n) is 3.89. The lowest BCUT2D eigenvalue weighted by Gasteiger charge is -2.12. The molecule has 3 aromatic rings. The van der Waals surface area contributed by atoms with Gasteiger partial charge in [0.1, 0.15) is 16.5 Å². The van der Waals surface area contributed by atoms with Crippen LogP contribution in [0.1, 0.15) is 5.69 Å². The lowest BCUT2D eigenvalue weighted by molar-refractivity contribution is 0.405. The summed E-state index contributed by atoms with van der Waals surface area (Å²) in [5.41, 5.74) is 8.85. The highest BCUT2D eigenvalue weighted by Crippen LogP contribution is 2.28. The van der Waals surface area contributed by atoms with Gasteiger partial charge in [-0.25, -0.2) is 4.98 Å². The highest BCUT2D eigenvalue weighted by molar-refractivity contribution is 14.0. The van der Waals surface area contributed by atoms with Crippen LogP contribution in [0.3, 0.4) is 0 Å². The number of nitrogens with two attached hydrogens (primary N) is 1. The van der Waals surface area contributed by atoms with Gasteiger partial charge in [-0.2, -0.15) is 0 Å². The average molecular weight is 510 g/mol. The fraction of sp³-hybridized carbons (Fsp3) is 0.200. The minimum absolute atomic E-state index is 0. The number of ether oxygens (including phenoxy) is 2. The van der Waals surface area contributed by atoms with E-state index >= 15 is 0 Å². The molecule has 0 aliphatic rings. The Kier molecular flexibility index (Phi) is 8.52. The fourth-order valence-electron chi connectivity index (χ4n) is 2.52. The highest BCUT2D eigenvalue weighted by atomic mass is 127. The van der Waals surface area contributed by atoms with Crippen molar-refractivity contribution >= 4 is 47.0 Å². The van der Waals surface area contributed by atoms with Crippen LogP contribution in [0.15, 0.2) is 58.9 Å². The summed E-state index contributed by atoms with van der Waals surface area (Å²) in [7, 11) is 3.22. The van der Waals surface area contributed by atoms with E-state index in [1.165, 1.54) is 0 Å². The van der Waals surface area contributed by atoms with Crippen molar-refractivity contribution in [2.45, 2.75) is 6.42 Å². The summed E-state index contributed by atoms with van der Waals surface area (Å²) in [6.45, 7) is 0.545. The van der Waals surface area contributed by atoms with E-state index in [2.05, 4.69) is 32.8 Å². The standard InChI is InChI=1S/C20H22N4O2S.HI/c1-25-16-8-9-18(26-2)17(12-16)24-20(21)22-11-10-15-13-27-19(23-15)14-6-4-3-5-7-14;/h3-9,12-13H,10-11H2,1-2H3,(H3,21,22,24);1H. The molecular formula is C20H23IN4O2S. The maximum atomic E-state index is 6.01. The van der Waals surface area contributed by atoms with E-state index in [1.54, 1.807) is 25.6 Å². The molecule has 0 saturated carbocycles. The molecule has 1 aromatic heterocycles. The molecule has 2 aromatic carbocycles. The van der Waals surface area contributed by atoms with Crippen molar-refractivity contribution in [2.24, 2.45) is 10.7 Å². The van der Waals surface area contributed by atoms with Gasteiger partial charge in [-0.15, -0.1) is 35.3 Å². The first kappa shape index (κ1) is 22.0. The number of thiazole rings is 1. The Hall–Kier alpha value is -2.33. The molecular weight excluding hydrogens is 487 g/mol. The summed E-state index contributed by atoms with van der Waals surface area (Å²) >= 11 is 1.64. The summed E-state index contributed by atoms with van der Waals surface area (Å²) in [6, 6.07) is 15.6. The first-order valence-corrected chi connectivity index (χ1v) is 9.36. The number of halogens is 1. The molecule has 3 N–H and O–H groups in total. The zero-order valence-electron chi connectivity index (χ0n) is 15.7. The number of methoxy groups -OCH3 is 2. The number of nitrogens with one attached hydrogen (secondary N) is 1. The van der Waals surface area contributed by atoms with Crippen LogP contribution in [0, 0.1) is 0 Å². The average Bonchev–Trinajstić information content (AvgIpc) is 3.17. The largest absolute Gasteiger partial charge is 0.497 e. The predicted molar refractivity (Wildman–Crippen MR) is 126 cm³/mol. The monoisotopic (exact) mass is 510 g/mol. The SMILES string of the molecule is COc1ccc(OC)c(NC(N)=NCCc2csc(-c3ccccc3)n2)c1.I. The number of anilines is 1. The van der Waals surface area contributed by atoms with Crippen LogP contribution >= 0.6 is 35.3 Å². The molecule has 0 bridgehead atoms. The summed E-state index contributed by atoms with van der Waals surface area (Å²) in [5.74, 6) is 1.70. The molecule has 28 heavy (non-hydrogen) atoms. The van der Waals surface area contributed by atoms with Crippen LogP contribution in [0.5, 0.6) is 11.5 Å². The molecule has 0 saturated heterocycles. The van der Waals surface area contributed by atoms with E-state index in [1.807, 2.05) is 36.4 Å². The van der Waals surface area contributed by atoms with Gasteiger partial charge < -0.3 is 20.5 Å². The highest BCUT2D eigenvalue weighted by Gasteiger charge is 2.07. The van der Waals surface area contributed by atoms with Crippen molar-refractivity contribution in [2.75, 3.05) is 26.1 Å². The number of aromatic nitrogens is 1. The lowest BCUT2D eigenvalue weighted by atomic mass is 10.2. The van der Waals surface area contributed by atoms with Gasteiger partial charge >= 0.3 is 0 Å². The zero-order valence-corrected chi connectivity index (χ0v) is 18.9. The maximum absolute atomic E-state index is 6.01. The molecule has 0 fully saturated rings. The molecule has 0 unspecified atom stereocenters. The van der Waals surface area contributed by atoms with Gasteiger partial charge in [0.05, 0.1) is 25.6 Å². The van der Waals surface area contributed by atoms with Crippen LogP contribution in [0.2, 0.25) is 0 Å². The number of hydrogen-bond donors (Lipinski definition) is 2. The van der Waals surface area contributed by atoms with Crippen LogP contribution < -0.4 is 20.5 Å². The molecule has 0 aliphatic carbocycles. The van der Waals surface area contributed by atoms with E-state index in [-0.39, 0.29) is 24.0 Å². The molecule has 0 atom stereocenters. The first-order valence-electron chi connectivity index (χ1n) is 8.48. The second kappa shape index (κ2) is 10.9. The Morgan fingerprint density at radius 1 is 1.14 bits per heavy atom. The van der Waals surface area contributed by atoms with Gasteiger partial charge in [0, 0.05) is 30.0 Å². The number of hydrogen-bond acceptors (Lipinski definition) is 5. The Morgan fingerprint density at radius 3 is 2.64 bits per heavy atom. The molecule has 6 nitrogen and oxygen atoms in total. The minimum Gasteiger partial charge on any atom is -0.497 e. The number of guanidine groups is 1. The van der Waals surface area contributed by atoms with Gasteiger partial charge in [-0.05, 0) is 12.1 Å². The minimum atomic E-state index is 0. The summed E-state index contributed by atoms with van der Waals surface area (Å²) in [4.78, 5) is 9.04. The summed E-state index contributed by atoms with van der Waals surface area (Å²) in [6.07, 6.45) is 0.723. The number of benzene rings is 2. The Morgan fingerprint density at radius 2 is 1.93 bits per heavy atom. The fourth-order valence-corrected chi connectivity index (χ4v) is 3.38. The van der Waals surface area contributed by atoms with E-state index in [4.69, 9.17) is 15.2 Å². The van der Waals surface area contributed by atoms with Crippen molar-refractivity contribution in [1.29, 1.82) is 0 Å². The topological polar surface area (TPSA) is 81.8 Å². The quantitative estimate of drug-likeness (QED) is 0.280. The number of aliphatic imine (C=N–C) groups is 1. The van der Waals surface area contributed by atoms with Crippen LogP contribution in [0.25, 0.3) is 10.6 Å². The van der Waals surface area contributed by atoms with E-state index < -0.39 is 0 Å². The van der Waals surface area contributed by atoms with Crippen molar-refractivity contribution in [3.63, 3.8) is 0 Å². The Bertz CT molecular complexity index is 916. The van der Waals surface area contributed by atoms with Gasteiger partial charge in [0.2, 0.25) is 0 Å². The van der Waals surface area contributed by atoms with Gasteiger partial charge in [-0.1, -0.05) is 30.3 Å². The van der Waals surface area contributed by atoms with Gasteiger partial charge in [0.25, 0.3) is 0 Å². The normalized spacial score (nSPS) is 10.9. The lowest BCUT2D eigenvalue weighted by Crippen LogP contribution is -2.23. The molecule has 1 heterocycles. The Balaban J connectivity index is 0.00000280.